The molecule has 2 N–H and O–H groups in total. The standard InChI is InChI=1S/C17H11FN4O2/c18-12-4-1-3-11(16(12)24)17-21-15(10-6-8-19-9-14(10)23)13-5-2-7-20-22(13)17/h1-9,23-24H. The Morgan fingerprint density at radius 3 is 2.67 bits per heavy atom. The number of hydrogen-bond donors (Lipinski definition) is 2. The zero-order chi connectivity index (χ0) is 16.7. The number of halogens is 1. The van der Waals surface area contributed by atoms with Crippen molar-refractivity contribution >= 4 is 5.52 Å². The molecular weight excluding hydrogens is 311 g/mol. The molecule has 0 atom stereocenters. The summed E-state index contributed by atoms with van der Waals surface area (Å²) in [6.07, 6.45) is 4.41. The van der Waals surface area contributed by atoms with E-state index in [-0.39, 0.29) is 17.1 Å². The van der Waals surface area contributed by atoms with Gasteiger partial charge in [-0.05, 0) is 30.3 Å². The fourth-order valence-electron chi connectivity index (χ4n) is 2.59. The molecule has 0 fully saturated rings. The predicted molar refractivity (Wildman–Crippen MR) is 84.9 cm³/mol. The fraction of sp³-hybridized carbons (Fsp3) is 0. The number of imidazole rings is 1. The van der Waals surface area contributed by atoms with Crippen LogP contribution in [0, 0.1) is 5.82 Å². The van der Waals surface area contributed by atoms with E-state index in [4.69, 9.17) is 0 Å². The van der Waals surface area contributed by atoms with Crippen LogP contribution in [0.25, 0.3) is 28.2 Å². The molecule has 118 valence electrons. The molecule has 4 aromatic rings. The number of aromatic nitrogens is 4. The lowest BCUT2D eigenvalue weighted by Gasteiger charge is -2.03. The maximum Gasteiger partial charge on any atom is 0.165 e. The van der Waals surface area contributed by atoms with E-state index in [1.165, 1.54) is 23.0 Å². The topological polar surface area (TPSA) is 83.5 Å². The van der Waals surface area contributed by atoms with E-state index in [0.29, 0.717) is 16.8 Å². The van der Waals surface area contributed by atoms with Gasteiger partial charge in [0.2, 0.25) is 0 Å². The number of benzene rings is 1. The molecule has 24 heavy (non-hydrogen) atoms. The van der Waals surface area contributed by atoms with Crippen molar-refractivity contribution in [1.29, 1.82) is 0 Å². The van der Waals surface area contributed by atoms with Crippen LogP contribution >= 0.6 is 0 Å². The maximum absolute atomic E-state index is 13.7. The van der Waals surface area contributed by atoms with E-state index in [1.807, 2.05) is 0 Å². The summed E-state index contributed by atoms with van der Waals surface area (Å²) in [5.41, 5.74) is 1.75. The number of hydrogen-bond acceptors (Lipinski definition) is 5. The van der Waals surface area contributed by atoms with Crippen molar-refractivity contribution in [2.45, 2.75) is 0 Å². The first-order valence-electron chi connectivity index (χ1n) is 7.12. The Labute approximate surface area is 135 Å². The van der Waals surface area contributed by atoms with E-state index in [1.54, 1.807) is 30.5 Å². The Bertz CT molecular complexity index is 1060. The summed E-state index contributed by atoms with van der Waals surface area (Å²) >= 11 is 0. The first-order valence-corrected chi connectivity index (χ1v) is 7.12. The number of aromatic hydroxyl groups is 2. The number of pyridine rings is 1. The van der Waals surface area contributed by atoms with Gasteiger partial charge in [0, 0.05) is 18.0 Å². The van der Waals surface area contributed by atoms with E-state index in [0.717, 1.165) is 6.07 Å². The molecular formula is C17H11FN4O2. The van der Waals surface area contributed by atoms with Crippen LogP contribution in [-0.2, 0) is 0 Å². The second-order valence-electron chi connectivity index (χ2n) is 5.13. The number of phenols is 1. The van der Waals surface area contributed by atoms with Crippen LogP contribution < -0.4 is 0 Å². The normalized spacial score (nSPS) is 11.0. The molecule has 6 nitrogen and oxygen atoms in total. The van der Waals surface area contributed by atoms with Crippen molar-refractivity contribution in [2.75, 3.05) is 0 Å². The predicted octanol–water partition coefficient (Wildman–Crippen LogP) is 3.01. The average molecular weight is 322 g/mol. The first kappa shape index (κ1) is 14.1. The van der Waals surface area contributed by atoms with E-state index in [9.17, 15) is 14.6 Å². The Morgan fingerprint density at radius 2 is 1.83 bits per heavy atom. The molecule has 1 aromatic carbocycles. The molecule has 0 aliphatic carbocycles. The van der Waals surface area contributed by atoms with Crippen molar-refractivity contribution in [3.8, 4) is 34.1 Å². The number of fused-ring (bicyclic) bond motifs is 1. The van der Waals surface area contributed by atoms with Gasteiger partial charge in [-0.2, -0.15) is 5.10 Å². The van der Waals surface area contributed by atoms with Crippen LogP contribution in [0.2, 0.25) is 0 Å². The zero-order valence-electron chi connectivity index (χ0n) is 12.3. The van der Waals surface area contributed by atoms with Gasteiger partial charge in [0.25, 0.3) is 0 Å². The minimum atomic E-state index is -0.742. The van der Waals surface area contributed by atoms with Crippen LogP contribution in [0.15, 0.2) is 55.0 Å². The molecule has 0 aliphatic rings. The molecule has 0 spiro atoms. The highest BCUT2D eigenvalue weighted by Crippen LogP contribution is 2.36. The lowest BCUT2D eigenvalue weighted by atomic mass is 10.1. The monoisotopic (exact) mass is 322 g/mol. The van der Waals surface area contributed by atoms with Crippen LogP contribution in [0.3, 0.4) is 0 Å². The maximum atomic E-state index is 13.7. The van der Waals surface area contributed by atoms with Crippen LogP contribution in [0.5, 0.6) is 11.5 Å². The molecule has 3 aromatic heterocycles. The Hall–Kier alpha value is -3.48. The summed E-state index contributed by atoms with van der Waals surface area (Å²) in [5, 5.41) is 24.3. The summed E-state index contributed by atoms with van der Waals surface area (Å²) in [6.45, 7) is 0. The molecule has 0 radical (unpaired) electrons. The van der Waals surface area contributed by atoms with E-state index >= 15 is 0 Å². The number of rotatable bonds is 2. The molecule has 0 aliphatic heterocycles. The summed E-state index contributed by atoms with van der Waals surface area (Å²) in [4.78, 5) is 8.33. The minimum absolute atomic E-state index is 0.0311. The summed E-state index contributed by atoms with van der Waals surface area (Å²) < 4.78 is 15.2. The molecule has 7 heteroatoms. The number of nitrogens with zero attached hydrogens (tertiary/aromatic N) is 4. The van der Waals surface area contributed by atoms with Crippen LogP contribution in [-0.4, -0.2) is 29.8 Å². The van der Waals surface area contributed by atoms with Gasteiger partial charge in [-0.3, -0.25) is 4.98 Å². The quantitative estimate of drug-likeness (QED) is 0.593. The third-order valence-corrected chi connectivity index (χ3v) is 3.69. The van der Waals surface area contributed by atoms with E-state index in [2.05, 4.69) is 15.1 Å². The van der Waals surface area contributed by atoms with Gasteiger partial charge >= 0.3 is 0 Å². The van der Waals surface area contributed by atoms with Crippen molar-refractivity contribution in [3.05, 3.63) is 60.8 Å². The zero-order valence-corrected chi connectivity index (χ0v) is 12.3. The largest absolute Gasteiger partial charge is 0.506 e. The Balaban J connectivity index is 2.06. The Kier molecular flexibility index (Phi) is 3.13. The van der Waals surface area contributed by atoms with E-state index < -0.39 is 11.6 Å². The highest BCUT2D eigenvalue weighted by Gasteiger charge is 2.20. The highest BCUT2D eigenvalue weighted by molar-refractivity contribution is 5.84. The van der Waals surface area contributed by atoms with Gasteiger partial charge in [0.15, 0.2) is 17.4 Å². The lowest BCUT2D eigenvalue weighted by molar-refractivity contribution is 0.434. The second-order valence-corrected chi connectivity index (χ2v) is 5.13. The molecule has 0 saturated heterocycles. The summed E-state index contributed by atoms with van der Waals surface area (Å²) in [6, 6.07) is 9.33. The number of phenolic OH excluding ortho intramolecular Hbond substituents is 1. The van der Waals surface area contributed by atoms with Gasteiger partial charge in [-0.1, -0.05) is 6.07 Å². The number of para-hydroxylation sites is 1. The molecule has 0 saturated carbocycles. The lowest BCUT2D eigenvalue weighted by Crippen LogP contribution is -1.94. The highest BCUT2D eigenvalue weighted by atomic mass is 19.1. The summed E-state index contributed by atoms with van der Waals surface area (Å²) in [7, 11) is 0. The smallest absolute Gasteiger partial charge is 0.165 e. The van der Waals surface area contributed by atoms with Crippen LogP contribution in [0.4, 0.5) is 4.39 Å². The third-order valence-electron chi connectivity index (χ3n) is 3.69. The molecule has 3 heterocycles. The SMILES string of the molecule is Oc1cnccc1-c1nc(-c2cccc(F)c2O)n2ncccc12. The average Bonchev–Trinajstić information content (AvgIpc) is 2.97. The van der Waals surface area contributed by atoms with Gasteiger partial charge in [-0.25, -0.2) is 13.9 Å². The summed E-state index contributed by atoms with van der Waals surface area (Å²) in [5.74, 6) is -1.00. The van der Waals surface area contributed by atoms with Gasteiger partial charge in [0.05, 0.1) is 17.3 Å². The fourth-order valence-corrected chi connectivity index (χ4v) is 2.59. The molecule has 0 unspecified atom stereocenters. The van der Waals surface area contributed by atoms with Gasteiger partial charge < -0.3 is 10.2 Å². The molecule has 4 rings (SSSR count). The molecule has 0 amide bonds. The van der Waals surface area contributed by atoms with Crippen LogP contribution in [0.1, 0.15) is 0 Å². The molecule has 0 bridgehead atoms. The Morgan fingerprint density at radius 1 is 0.958 bits per heavy atom. The third kappa shape index (κ3) is 2.06. The minimum Gasteiger partial charge on any atom is -0.506 e. The van der Waals surface area contributed by atoms with Gasteiger partial charge in [0.1, 0.15) is 11.4 Å². The van der Waals surface area contributed by atoms with Crippen molar-refractivity contribution < 1.29 is 14.6 Å². The first-order chi connectivity index (χ1) is 11.7. The second kappa shape index (κ2) is 5.31. The van der Waals surface area contributed by atoms with Crippen molar-refractivity contribution in [3.63, 3.8) is 0 Å². The van der Waals surface area contributed by atoms with Gasteiger partial charge in [-0.15, -0.1) is 0 Å². The van der Waals surface area contributed by atoms with Crippen molar-refractivity contribution in [2.24, 2.45) is 0 Å². The van der Waals surface area contributed by atoms with Crippen molar-refractivity contribution in [1.82, 2.24) is 19.6 Å².